The second kappa shape index (κ2) is 5.39. The topological polar surface area (TPSA) is 83.8 Å². The van der Waals surface area contributed by atoms with Crippen molar-refractivity contribution in [3.63, 3.8) is 0 Å². The highest BCUT2D eigenvalue weighted by molar-refractivity contribution is 5.96. The second-order valence-corrected chi connectivity index (χ2v) is 3.99. The lowest BCUT2D eigenvalue weighted by Gasteiger charge is -2.08. The number of hydrogen-bond acceptors (Lipinski definition) is 3. The molecule has 5 heteroatoms. The van der Waals surface area contributed by atoms with Crippen LogP contribution < -0.4 is 4.74 Å². The maximum absolute atomic E-state index is 10.9. The summed E-state index contributed by atoms with van der Waals surface area (Å²) in [7, 11) is 0. The number of carboxylic acid groups (broad SMARTS) is 2. The van der Waals surface area contributed by atoms with Crippen LogP contribution in [0.2, 0.25) is 0 Å². The van der Waals surface area contributed by atoms with Crippen molar-refractivity contribution in [3.05, 3.63) is 42.0 Å². The third-order valence-corrected chi connectivity index (χ3v) is 2.66. The van der Waals surface area contributed by atoms with Gasteiger partial charge in [-0.1, -0.05) is 12.1 Å². The molecular formula is C14H12O5. The van der Waals surface area contributed by atoms with Crippen molar-refractivity contribution >= 4 is 22.7 Å². The summed E-state index contributed by atoms with van der Waals surface area (Å²) in [6.07, 6.45) is -0.0798. The molecule has 0 bridgehead atoms. The van der Waals surface area contributed by atoms with Gasteiger partial charge in [0.05, 0.1) is 18.6 Å². The number of aromatic carboxylic acids is 1. The number of hydrogen-bond donors (Lipinski definition) is 2. The number of carboxylic acids is 2. The predicted molar refractivity (Wildman–Crippen MR) is 68.7 cm³/mol. The highest BCUT2D eigenvalue weighted by atomic mass is 16.5. The van der Waals surface area contributed by atoms with Gasteiger partial charge in [0.15, 0.2) is 0 Å². The summed E-state index contributed by atoms with van der Waals surface area (Å²) in [5.41, 5.74) is 0.204. The predicted octanol–water partition coefficient (Wildman–Crippen LogP) is 2.39. The summed E-state index contributed by atoms with van der Waals surface area (Å²) in [6.45, 7) is 0.0785. The first-order valence-corrected chi connectivity index (χ1v) is 5.68. The summed E-state index contributed by atoms with van der Waals surface area (Å²) >= 11 is 0. The molecule has 0 fully saturated rings. The zero-order valence-corrected chi connectivity index (χ0v) is 10.00. The van der Waals surface area contributed by atoms with Crippen molar-refractivity contribution in [2.45, 2.75) is 6.42 Å². The maximum Gasteiger partial charge on any atom is 0.335 e. The highest BCUT2D eigenvalue weighted by Crippen LogP contribution is 2.26. The molecule has 5 nitrogen and oxygen atoms in total. The Morgan fingerprint density at radius 3 is 2.58 bits per heavy atom. The fraction of sp³-hybridized carbons (Fsp3) is 0.143. The second-order valence-electron chi connectivity index (χ2n) is 3.99. The molecule has 19 heavy (non-hydrogen) atoms. The van der Waals surface area contributed by atoms with Gasteiger partial charge in [-0.15, -0.1) is 0 Å². The molecule has 0 amide bonds. The van der Waals surface area contributed by atoms with Crippen LogP contribution in [0.3, 0.4) is 0 Å². The fourth-order valence-electron chi connectivity index (χ4n) is 1.76. The van der Waals surface area contributed by atoms with E-state index >= 15 is 0 Å². The molecule has 0 saturated carbocycles. The van der Waals surface area contributed by atoms with Crippen LogP contribution in [0.15, 0.2) is 36.4 Å². The number of rotatable bonds is 5. The normalized spacial score (nSPS) is 10.3. The molecule has 0 aliphatic rings. The molecule has 0 aliphatic heterocycles. The smallest absolute Gasteiger partial charge is 0.335 e. The fourth-order valence-corrected chi connectivity index (χ4v) is 1.76. The number of aliphatic carboxylic acids is 1. The van der Waals surface area contributed by atoms with Crippen molar-refractivity contribution in [2.75, 3.05) is 6.61 Å². The first-order chi connectivity index (χ1) is 9.08. The van der Waals surface area contributed by atoms with E-state index in [0.717, 1.165) is 10.8 Å². The van der Waals surface area contributed by atoms with E-state index in [1.165, 1.54) is 6.07 Å². The lowest BCUT2D eigenvalue weighted by atomic mass is 10.1. The van der Waals surface area contributed by atoms with Crippen LogP contribution in [0.25, 0.3) is 10.8 Å². The number of fused-ring (bicyclic) bond motifs is 1. The average molecular weight is 260 g/mol. The van der Waals surface area contributed by atoms with Gasteiger partial charge < -0.3 is 14.9 Å². The van der Waals surface area contributed by atoms with Gasteiger partial charge in [0, 0.05) is 5.39 Å². The number of benzene rings is 2. The van der Waals surface area contributed by atoms with Crippen LogP contribution in [0.1, 0.15) is 16.8 Å². The van der Waals surface area contributed by atoms with Gasteiger partial charge in [-0.05, 0) is 29.7 Å². The molecule has 2 aromatic carbocycles. The summed E-state index contributed by atoms with van der Waals surface area (Å²) in [4.78, 5) is 21.3. The lowest BCUT2D eigenvalue weighted by Crippen LogP contribution is -2.05. The van der Waals surface area contributed by atoms with Crippen molar-refractivity contribution in [2.24, 2.45) is 0 Å². The van der Waals surface area contributed by atoms with Gasteiger partial charge in [-0.3, -0.25) is 4.79 Å². The van der Waals surface area contributed by atoms with Crippen LogP contribution in [0.4, 0.5) is 0 Å². The molecule has 98 valence electrons. The van der Waals surface area contributed by atoms with E-state index in [1.807, 2.05) is 0 Å². The lowest BCUT2D eigenvalue weighted by molar-refractivity contribution is -0.137. The molecular weight excluding hydrogens is 248 g/mol. The Morgan fingerprint density at radius 2 is 1.89 bits per heavy atom. The molecule has 0 radical (unpaired) electrons. The summed E-state index contributed by atoms with van der Waals surface area (Å²) in [5, 5.41) is 19.0. The van der Waals surface area contributed by atoms with Gasteiger partial charge in [0.1, 0.15) is 5.75 Å². The quantitative estimate of drug-likeness (QED) is 0.862. The molecule has 2 N–H and O–H groups in total. The molecule has 2 rings (SSSR count). The van der Waals surface area contributed by atoms with Crippen molar-refractivity contribution in [1.29, 1.82) is 0 Å². The van der Waals surface area contributed by atoms with Gasteiger partial charge in [0.2, 0.25) is 0 Å². The molecule has 0 spiro atoms. The van der Waals surface area contributed by atoms with E-state index < -0.39 is 11.9 Å². The van der Waals surface area contributed by atoms with Crippen LogP contribution in [0, 0.1) is 0 Å². The molecule has 0 atom stereocenters. The Morgan fingerprint density at radius 1 is 1.11 bits per heavy atom. The first-order valence-electron chi connectivity index (χ1n) is 5.68. The Labute approximate surface area is 109 Å². The molecule has 0 aromatic heterocycles. The third kappa shape index (κ3) is 3.01. The Balaban J connectivity index is 2.30. The van der Waals surface area contributed by atoms with Gasteiger partial charge in [-0.25, -0.2) is 4.79 Å². The Bertz CT molecular complexity index is 633. The van der Waals surface area contributed by atoms with E-state index in [1.54, 1.807) is 30.3 Å². The van der Waals surface area contributed by atoms with E-state index in [-0.39, 0.29) is 18.6 Å². The van der Waals surface area contributed by atoms with E-state index in [0.29, 0.717) is 5.75 Å². The SMILES string of the molecule is O=C(O)CCOc1cccc2cc(C(=O)O)ccc12. The average Bonchev–Trinajstić information content (AvgIpc) is 2.37. The minimum absolute atomic E-state index is 0.0785. The van der Waals surface area contributed by atoms with Crippen molar-refractivity contribution in [1.82, 2.24) is 0 Å². The largest absolute Gasteiger partial charge is 0.492 e. The molecule has 0 heterocycles. The standard InChI is InChI=1S/C14H12O5/c15-13(16)6-7-19-12-3-1-2-9-8-10(14(17)18)4-5-11(9)12/h1-5,8H,6-7H2,(H,15,16)(H,17,18). The number of ether oxygens (including phenoxy) is 1. The van der Waals surface area contributed by atoms with Gasteiger partial charge >= 0.3 is 11.9 Å². The third-order valence-electron chi connectivity index (χ3n) is 2.66. The Kier molecular flexibility index (Phi) is 3.66. The van der Waals surface area contributed by atoms with Gasteiger partial charge in [0.25, 0.3) is 0 Å². The van der Waals surface area contributed by atoms with Crippen LogP contribution in [-0.2, 0) is 4.79 Å². The van der Waals surface area contributed by atoms with E-state index in [4.69, 9.17) is 14.9 Å². The van der Waals surface area contributed by atoms with Crippen LogP contribution in [-0.4, -0.2) is 28.8 Å². The summed E-state index contributed by atoms with van der Waals surface area (Å²) in [6, 6.07) is 9.96. The number of carbonyl (C=O) groups is 2. The molecule has 0 unspecified atom stereocenters. The van der Waals surface area contributed by atoms with E-state index in [2.05, 4.69) is 0 Å². The zero-order chi connectivity index (χ0) is 13.8. The molecule has 0 aliphatic carbocycles. The minimum Gasteiger partial charge on any atom is -0.492 e. The zero-order valence-electron chi connectivity index (χ0n) is 10.00. The first kappa shape index (κ1) is 12.9. The Hall–Kier alpha value is -2.56. The van der Waals surface area contributed by atoms with Crippen molar-refractivity contribution in [3.8, 4) is 5.75 Å². The minimum atomic E-state index is -0.987. The van der Waals surface area contributed by atoms with Crippen LogP contribution in [0.5, 0.6) is 5.75 Å². The summed E-state index contributed by atoms with van der Waals surface area (Å²) < 4.78 is 5.40. The van der Waals surface area contributed by atoms with Crippen LogP contribution >= 0.6 is 0 Å². The van der Waals surface area contributed by atoms with Gasteiger partial charge in [-0.2, -0.15) is 0 Å². The van der Waals surface area contributed by atoms with Crippen molar-refractivity contribution < 1.29 is 24.5 Å². The monoisotopic (exact) mass is 260 g/mol. The molecule has 2 aromatic rings. The molecule has 0 saturated heterocycles. The van der Waals surface area contributed by atoms with E-state index in [9.17, 15) is 9.59 Å². The summed E-state index contributed by atoms with van der Waals surface area (Å²) in [5.74, 6) is -1.36. The highest BCUT2D eigenvalue weighted by Gasteiger charge is 2.07. The maximum atomic E-state index is 10.9.